The lowest BCUT2D eigenvalue weighted by atomic mass is 9.71. The Labute approximate surface area is 160 Å². The van der Waals surface area contributed by atoms with E-state index in [1.807, 2.05) is 42.7 Å². The summed E-state index contributed by atoms with van der Waals surface area (Å²) in [5.74, 6) is -0.100. The molecule has 0 aliphatic heterocycles. The maximum atomic E-state index is 12.0. The minimum atomic E-state index is -0.100. The first kappa shape index (κ1) is 17.5. The standard InChI is InChI=1S/C23H25N3O/c1-23(2)13-17(15-27)20-19(14-23)26(3)22(16-9-11-24-12-10-16)21(20)25-18-7-5-4-6-8-18/h4-12,15,17,25H,13-14H2,1-3H3. The zero-order valence-electron chi connectivity index (χ0n) is 16.1. The molecule has 2 heterocycles. The maximum absolute atomic E-state index is 12.0. The molecule has 4 nitrogen and oxygen atoms in total. The Morgan fingerprint density at radius 1 is 1.15 bits per heavy atom. The molecular formula is C23H25N3O. The lowest BCUT2D eigenvalue weighted by Gasteiger charge is -2.34. The molecule has 138 valence electrons. The van der Waals surface area contributed by atoms with Crippen molar-refractivity contribution in [2.75, 3.05) is 5.32 Å². The second-order valence-corrected chi connectivity index (χ2v) is 8.16. The Kier molecular flexibility index (Phi) is 4.34. The third kappa shape index (κ3) is 3.16. The summed E-state index contributed by atoms with van der Waals surface area (Å²) >= 11 is 0. The number of nitrogens with one attached hydrogen (secondary N) is 1. The van der Waals surface area contributed by atoms with Crippen molar-refractivity contribution < 1.29 is 4.79 Å². The van der Waals surface area contributed by atoms with Gasteiger partial charge in [0.05, 0.1) is 11.4 Å². The smallest absolute Gasteiger partial charge is 0.127 e. The van der Waals surface area contributed by atoms with Crippen LogP contribution in [0.4, 0.5) is 11.4 Å². The molecule has 1 unspecified atom stereocenters. The molecule has 1 aliphatic carbocycles. The van der Waals surface area contributed by atoms with E-state index in [-0.39, 0.29) is 11.3 Å². The zero-order chi connectivity index (χ0) is 19.0. The molecule has 1 N–H and O–H groups in total. The van der Waals surface area contributed by atoms with Crippen LogP contribution in [0.25, 0.3) is 11.3 Å². The molecule has 0 radical (unpaired) electrons. The van der Waals surface area contributed by atoms with E-state index in [0.717, 1.165) is 47.3 Å². The van der Waals surface area contributed by atoms with Gasteiger partial charge in [-0.1, -0.05) is 32.0 Å². The van der Waals surface area contributed by atoms with Crippen molar-refractivity contribution in [2.24, 2.45) is 12.5 Å². The van der Waals surface area contributed by atoms with Crippen molar-refractivity contribution in [3.63, 3.8) is 0 Å². The average molecular weight is 359 g/mol. The number of pyridine rings is 1. The van der Waals surface area contributed by atoms with Crippen LogP contribution in [0, 0.1) is 5.41 Å². The third-order valence-corrected chi connectivity index (χ3v) is 5.51. The van der Waals surface area contributed by atoms with E-state index in [9.17, 15) is 4.79 Å². The number of aromatic nitrogens is 2. The van der Waals surface area contributed by atoms with Gasteiger partial charge in [0.2, 0.25) is 0 Å². The minimum absolute atomic E-state index is 0.100. The fourth-order valence-electron chi connectivity index (χ4n) is 4.35. The quantitative estimate of drug-likeness (QED) is 0.660. The van der Waals surface area contributed by atoms with Gasteiger partial charge in [-0.15, -0.1) is 0 Å². The van der Waals surface area contributed by atoms with Crippen LogP contribution >= 0.6 is 0 Å². The number of aldehydes is 1. The molecule has 0 saturated carbocycles. The predicted molar refractivity (Wildman–Crippen MR) is 109 cm³/mol. The number of fused-ring (bicyclic) bond motifs is 1. The summed E-state index contributed by atoms with van der Waals surface area (Å²) in [5.41, 5.74) is 6.76. The monoisotopic (exact) mass is 359 g/mol. The van der Waals surface area contributed by atoms with Crippen molar-refractivity contribution in [2.45, 2.75) is 32.6 Å². The number of benzene rings is 1. The first-order valence-corrected chi connectivity index (χ1v) is 9.39. The highest BCUT2D eigenvalue weighted by Gasteiger charge is 2.38. The highest BCUT2D eigenvalue weighted by molar-refractivity contribution is 5.86. The molecule has 0 saturated heterocycles. The summed E-state index contributed by atoms with van der Waals surface area (Å²) in [6.07, 6.45) is 6.57. The normalized spacial score (nSPS) is 18.0. The summed E-state index contributed by atoms with van der Waals surface area (Å²) in [5, 5.41) is 3.61. The highest BCUT2D eigenvalue weighted by Crippen LogP contribution is 2.49. The van der Waals surface area contributed by atoms with E-state index in [2.05, 4.69) is 47.9 Å². The topological polar surface area (TPSA) is 46.9 Å². The summed E-state index contributed by atoms with van der Waals surface area (Å²) in [7, 11) is 2.11. The number of nitrogens with zero attached hydrogens (tertiary/aromatic N) is 2. The summed E-state index contributed by atoms with van der Waals surface area (Å²) in [6, 6.07) is 14.2. The minimum Gasteiger partial charge on any atom is -0.354 e. The van der Waals surface area contributed by atoms with E-state index >= 15 is 0 Å². The first-order valence-electron chi connectivity index (χ1n) is 9.39. The number of carbonyl (C=O) groups excluding carboxylic acids is 1. The molecule has 1 atom stereocenters. The van der Waals surface area contributed by atoms with Crippen LogP contribution in [0.3, 0.4) is 0 Å². The second kappa shape index (κ2) is 6.69. The van der Waals surface area contributed by atoms with Gasteiger partial charge in [-0.2, -0.15) is 0 Å². The number of hydrogen-bond donors (Lipinski definition) is 1. The molecule has 1 aromatic carbocycles. The van der Waals surface area contributed by atoms with Gasteiger partial charge in [0.25, 0.3) is 0 Å². The Balaban J connectivity index is 1.96. The van der Waals surface area contributed by atoms with Crippen LogP contribution in [0.2, 0.25) is 0 Å². The molecule has 2 aromatic heterocycles. The van der Waals surface area contributed by atoms with E-state index < -0.39 is 0 Å². The van der Waals surface area contributed by atoms with Crippen LogP contribution in [0.5, 0.6) is 0 Å². The Bertz CT molecular complexity index is 958. The number of carbonyl (C=O) groups is 1. The summed E-state index contributed by atoms with van der Waals surface area (Å²) in [6.45, 7) is 4.49. The van der Waals surface area contributed by atoms with Crippen molar-refractivity contribution in [1.29, 1.82) is 0 Å². The molecule has 4 heteroatoms. The van der Waals surface area contributed by atoms with Crippen molar-refractivity contribution in [1.82, 2.24) is 9.55 Å². The fourth-order valence-corrected chi connectivity index (χ4v) is 4.35. The van der Waals surface area contributed by atoms with Gasteiger partial charge in [-0.05, 0) is 42.5 Å². The SMILES string of the molecule is Cn1c2c(c(Nc3ccccc3)c1-c1ccncc1)C(C=O)CC(C)(C)C2. The van der Waals surface area contributed by atoms with Gasteiger partial charge in [-0.25, -0.2) is 0 Å². The zero-order valence-corrected chi connectivity index (χ0v) is 16.1. The largest absolute Gasteiger partial charge is 0.354 e. The fraction of sp³-hybridized carbons (Fsp3) is 0.304. The Morgan fingerprint density at radius 2 is 1.85 bits per heavy atom. The van der Waals surface area contributed by atoms with Crippen LogP contribution in [-0.4, -0.2) is 15.8 Å². The number of rotatable bonds is 4. The lowest BCUT2D eigenvalue weighted by Crippen LogP contribution is -2.27. The Morgan fingerprint density at radius 3 is 2.52 bits per heavy atom. The molecule has 0 bridgehead atoms. The number of para-hydroxylation sites is 1. The summed E-state index contributed by atoms with van der Waals surface area (Å²) < 4.78 is 2.26. The van der Waals surface area contributed by atoms with E-state index in [1.165, 1.54) is 5.69 Å². The van der Waals surface area contributed by atoms with Crippen LogP contribution in [0.1, 0.15) is 37.4 Å². The highest BCUT2D eigenvalue weighted by atomic mass is 16.1. The van der Waals surface area contributed by atoms with E-state index in [1.54, 1.807) is 0 Å². The van der Waals surface area contributed by atoms with Gasteiger partial charge in [-0.3, -0.25) is 4.98 Å². The van der Waals surface area contributed by atoms with Crippen LogP contribution in [0.15, 0.2) is 54.9 Å². The van der Waals surface area contributed by atoms with E-state index in [0.29, 0.717) is 0 Å². The van der Waals surface area contributed by atoms with Gasteiger partial charge < -0.3 is 14.7 Å². The molecule has 0 spiro atoms. The summed E-state index contributed by atoms with van der Waals surface area (Å²) in [4.78, 5) is 16.2. The van der Waals surface area contributed by atoms with Gasteiger partial charge >= 0.3 is 0 Å². The molecular weight excluding hydrogens is 334 g/mol. The number of hydrogen-bond acceptors (Lipinski definition) is 3. The van der Waals surface area contributed by atoms with Crippen LogP contribution in [-0.2, 0) is 18.3 Å². The number of anilines is 2. The van der Waals surface area contributed by atoms with Gasteiger partial charge in [0.15, 0.2) is 0 Å². The first-order chi connectivity index (χ1) is 13.0. The molecule has 3 aromatic rings. The third-order valence-electron chi connectivity index (χ3n) is 5.51. The maximum Gasteiger partial charge on any atom is 0.127 e. The lowest BCUT2D eigenvalue weighted by molar-refractivity contribution is -0.109. The Hall–Kier alpha value is -2.88. The average Bonchev–Trinajstić information content (AvgIpc) is 2.93. The van der Waals surface area contributed by atoms with Gasteiger partial charge in [0, 0.05) is 47.9 Å². The molecule has 0 amide bonds. The predicted octanol–water partition coefficient (Wildman–Crippen LogP) is 5.09. The molecule has 4 rings (SSSR count). The van der Waals surface area contributed by atoms with E-state index in [4.69, 9.17) is 0 Å². The molecule has 1 aliphatic rings. The van der Waals surface area contributed by atoms with Gasteiger partial charge in [0.1, 0.15) is 6.29 Å². The second-order valence-electron chi connectivity index (χ2n) is 8.16. The van der Waals surface area contributed by atoms with Crippen molar-refractivity contribution in [3.8, 4) is 11.3 Å². The molecule has 27 heavy (non-hydrogen) atoms. The van der Waals surface area contributed by atoms with Crippen molar-refractivity contribution >= 4 is 17.7 Å². The van der Waals surface area contributed by atoms with Crippen molar-refractivity contribution in [3.05, 3.63) is 66.1 Å². The molecule has 0 fully saturated rings. The van der Waals surface area contributed by atoms with Crippen LogP contribution < -0.4 is 5.32 Å².